The monoisotopic (exact) mass is 449 g/mol. The van der Waals surface area contributed by atoms with E-state index in [1.54, 1.807) is 18.2 Å². The number of hydrogen-bond donors (Lipinski definition) is 1. The van der Waals surface area contributed by atoms with Crippen molar-refractivity contribution in [2.45, 2.75) is 18.4 Å². The second kappa shape index (κ2) is 9.65. The number of hydrogen-bond acceptors (Lipinski definition) is 4. The van der Waals surface area contributed by atoms with E-state index < -0.39 is 10.0 Å². The molecule has 1 heterocycles. The summed E-state index contributed by atoms with van der Waals surface area (Å²) in [5, 5.41) is 2.86. The molecular formula is C25H27N3O3S. The van der Waals surface area contributed by atoms with E-state index in [2.05, 4.69) is 22.3 Å². The number of piperazine rings is 1. The van der Waals surface area contributed by atoms with Crippen LogP contribution >= 0.6 is 0 Å². The zero-order chi connectivity index (χ0) is 22.6. The number of amides is 1. The number of carbonyl (C=O) groups is 1. The molecule has 1 saturated heterocycles. The molecule has 1 N–H and O–H groups in total. The Bertz CT molecular complexity index is 1190. The number of rotatable bonds is 6. The lowest BCUT2D eigenvalue weighted by atomic mass is 10.1. The predicted octanol–water partition coefficient (Wildman–Crippen LogP) is 3.75. The van der Waals surface area contributed by atoms with Gasteiger partial charge in [0, 0.05) is 44.0 Å². The van der Waals surface area contributed by atoms with E-state index >= 15 is 0 Å². The summed E-state index contributed by atoms with van der Waals surface area (Å²) in [4.78, 5) is 15.1. The van der Waals surface area contributed by atoms with Crippen molar-refractivity contribution in [1.82, 2.24) is 9.21 Å². The first-order chi connectivity index (χ1) is 15.4. The second-order valence-electron chi connectivity index (χ2n) is 7.96. The Hall–Kier alpha value is -3.00. The van der Waals surface area contributed by atoms with Gasteiger partial charge < -0.3 is 5.32 Å². The second-order valence-corrected chi connectivity index (χ2v) is 9.90. The molecule has 0 saturated carbocycles. The molecule has 1 fully saturated rings. The van der Waals surface area contributed by atoms with Crippen LogP contribution in [0.25, 0.3) is 0 Å². The minimum absolute atomic E-state index is 0.145. The molecule has 1 aliphatic rings. The average molecular weight is 450 g/mol. The standard InChI is InChI=1S/C25H27N3O3S/c1-20-8-5-6-13-24(20)26-25(29)22-11-7-12-23(18-22)32(30,31)28-16-14-27(15-17-28)19-21-9-3-2-4-10-21/h2-13,18H,14-17,19H2,1H3,(H,26,29). The first kappa shape index (κ1) is 22.2. The highest BCUT2D eigenvalue weighted by molar-refractivity contribution is 7.89. The maximum atomic E-state index is 13.2. The van der Waals surface area contributed by atoms with Crippen LogP contribution in [0.1, 0.15) is 21.5 Å². The average Bonchev–Trinajstić information content (AvgIpc) is 2.82. The van der Waals surface area contributed by atoms with Crippen LogP contribution in [0.4, 0.5) is 5.69 Å². The molecule has 7 heteroatoms. The summed E-state index contributed by atoms with van der Waals surface area (Å²) in [6.07, 6.45) is 0. The van der Waals surface area contributed by atoms with Crippen molar-refractivity contribution in [3.63, 3.8) is 0 Å². The van der Waals surface area contributed by atoms with Crippen molar-refractivity contribution in [2.24, 2.45) is 0 Å². The van der Waals surface area contributed by atoms with Gasteiger partial charge in [0.1, 0.15) is 0 Å². The van der Waals surface area contributed by atoms with Gasteiger partial charge >= 0.3 is 0 Å². The smallest absolute Gasteiger partial charge is 0.255 e. The normalized spacial score (nSPS) is 15.4. The van der Waals surface area contributed by atoms with Crippen LogP contribution in [0.2, 0.25) is 0 Å². The van der Waals surface area contributed by atoms with E-state index in [4.69, 9.17) is 0 Å². The molecule has 0 bridgehead atoms. The molecule has 32 heavy (non-hydrogen) atoms. The van der Waals surface area contributed by atoms with E-state index in [1.165, 1.54) is 15.9 Å². The molecule has 0 aromatic heterocycles. The summed E-state index contributed by atoms with van der Waals surface area (Å²) in [6, 6.07) is 23.9. The molecule has 1 amide bonds. The Kier molecular flexibility index (Phi) is 6.69. The molecule has 0 spiro atoms. The van der Waals surface area contributed by atoms with E-state index in [0.29, 0.717) is 37.4 Å². The maximum Gasteiger partial charge on any atom is 0.255 e. The number of nitrogens with one attached hydrogen (secondary N) is 1. The third-order valence-corrected chi connectivity index (χ3v) is 7.60. The van der Waals surface area contributed by atoms with Crippen molar-refractivity contribution in [3.8, 4) is 0 Å². The van der Waals surface area contributed by atoms with Gasteiger partial charge in [0.2, 0.25) is 10.0 Å². The highest BCUT2D eigenvalue weighted by atomic mass is 32.2. The SMILES string of the molecule is Cc1ccccc1NC(=O)c1cccc(S(=O)(=O)N2CCN(Cc3ccccc3)CC2)c1. The number of nitrogens with zero attached hydrogens (tertiary/aromatic N) is 2. The van der Waals surface area contributed by atoms with Crippen molar-refractivity contribution in [3.05, 3.63) is 95.6 Å². The zero-order valence-electron chi connectivity index (χ0n) is 18.1. The molecule has 0 aliphatic carbocycles. The number of aryl methyl sites for hydroxylation is 1. The minimum Gasteiger partial charge on any atom is -0.322 e. The topological polar surface area (TPSA) is 69.7 Å². The Morgan fingerprint density at radius 1 is 0.875 bits per heavy atom. The number of para-hydroxylation sites is 1. The highest BCUT2D eigenvalue weighted by Gasteiger charge is 2.29. The Morgan fingerprint density at radius 3 is 2.28 bits per heavy atom. The lowest BCUT2D eigenvalue weighted by molar-refractivity contribution is 0.102. The maximum absolute atomic E-state index is 13.2. The Labute approximate surface area is 189 Å². The van der Waals surface area contributed by atoms with Gasteiger partial charge in [0.15, 0.2) is 0 Å². The molecule has 0 atom stereocenters. The quantitative estimate of drug-likeness (QED) is 0.622. The fraction of sp³-hybridized carbons (Fsp3) is 0.240. The molecule has 4 rings (SSSR count). The van der Waals surface area contributed by atoms with E-state index in [-0.39, 0.29) is 10.8 Å². The molecule has 3 aromatic carbocycles. The Morgan fingerprint density at radius 2 is 1.56 bits per heavy atom. The third-order valence-electron chi connectivity index (χ3n) is 5.71. The molecule has 0 radical (unpaired) electrons. The van der Waals surface area contributed by atoms with Crippen LogP contribution < -0.4 is 5.32 Å². The summed E-state index contributed by atoms with van der Waals surface area (Å²) in [5.74, 6) is -0.330. The number of anilines is 1. The molecule has 3 aromatic rings. The van der Waals surface area contributed by atoms with E-state index in [0.717, 1.165) is 12.1 Å². The minimum atomic E-state index is -3.67. The molecule has 1 aliphatic heterocycles. The molecule has 166 valence electrons. The summed E-state index contributed by atoms with van der Waals surface area (Å²) in [7, 11) is -3.67. The van der Waals surface area contributed by atoms with Gasteiger partial charge in [-0.05, 0) is 42.3 Å². The largest absolute Gasteiger partial charge is 0.322 e. The molecular weight excluding hydrogens is 422 g/mol. The first-order valence-electron chi connectivity index (χ1n) is 10.7. The van der Waals surface area contributed by atoms with E-state index in [9.17, 15) is 13.2 Å². The van der Waals surface area contributed by atoms with Crippen LogP contribution in [0.3, 0.4) is 0 Å². The molecule has 0 unspecified atom stereocenters. The van der Waals surface area contributed by atoms with Gasteiger partial charge in [-0.1, -0.05) is 54.6 Å². The lowest BCUT2D eigenvalue weighted by Crippen LogP contribution is -2.48. The summed E-state index contributed by atoms with van der Waals surface area (Å²) >= 11 is 0. The van der Waals surface area contributed by atoms with Gasteiger partial charge in [-0.25, -0.2) is 8.42 Å². The van der Waals surface area contributed by atoms with Crippen molar-refractivity contribution < 1.29 is 13.2 Å². The number of carbonyl (C=O) groups excluding carboxylic acids is 1. The van der Waals surface area contributed by atoms with Crippen LogP contribution in [0.5, 0.6) is 0 Å². The van der Waals surface area contributed by atoms with Gasteiger partial charge in [0.25, 0.3) is 5.91 Å². The van der Waals surface area contributed by atoms with Crippen molar-refractivity contribution in [2.75, 3.05) is 31.5 Å². The van der Waals surface area contributed by atoms with Crippen LogP contribution in [0.15, 0.2) is 83.8 Å². The van der Waals surface area contributed by atoms with Crippen LogP contribution in [-0.4, -0.2) is 49.7 Å². The first-order valence-corrected chi connectivity index (χ1v) is 12.1. The molecule has 6 nitrogen and oxygen atoms in total. The van der Waals surface area contributed by atoms with Crippen molar-refractivity contribution >= 4 is 21.6 Å². The van der Waals surface area contributed by atoms with E-state index in [1.807, 2.05) is 49.4 Å². The third kappa shape index (κ3) is 5.07. The Balaban J connectivity index is 1.43. The van der Waals surface area contributed by atoms with Gasteiger partial charge in [-0.3, -0.25) is 9.69 Å². The fourth-order valence-corrected chi connectivity index (χ4v) is 5.29. The number of sulfonamides is 1. The lowest BCUT2D eigenvalue weighted by Gasteiger charge is -2.34. The fourth-order valence-electron chi connectivity index (χ4n) is 3.82. The number of benzene rings is 3. The van der Waals surface area contributed by atoms with Gasteiger partial charge in [-0.15, -0.1) is 0 Å². The summed E-state index contributed by atoms with van der Waals surface area (Å²) < 4.78 is 27.9. The highest BCUT2D eigenvalue weighted by Crippen LogP contribution is 2.21. The summed E-state index contributed by atoms with van der Waals surface area (Å²) in [5.41, 5.74) is 3.19. The summed E-state index contributed by atoms with van der Waals surface area (Å²) in [6.45, 7) is 4.91. The van der Waals surface area contributed by atoms with Gasteiger partial charge in [-0.2, -0.15) is 4.31 Å². The van der Waals surface area contributed by atoms with Crippen molar-refractivity contribution in [1.29, 1.82) is 0 Å². The van der Waals surface area contributed by atoms with Crippen LogP contribution in [-0.2, 0) is 16.6 Å². The zero-order valence-corrected chi connectivity index (χ0v) is 18.9. The van der Waals surface area contributed by atoms with Gasteiger partial charge in [0.05, 0.1) is 4.90 Å². The predicted molar refractivity (Wildman–Crippen MR) is 126 cm³/mol. The van der Waals surface area contributed by atoms with Crippen LogP contribution in [0, 0.1) is 6.92 Å².